The van der Waals surface area contributed by atoms with Crippen LogP contribution in [-0.2, 0) is 28.8 Å². The van der Waals surface area contributed by atoms with E-state index in [1.54, 1.807) is 41.5 Å². The summed E-state index contributed by atoms with van der Waals surface area (Å²) in [7, 11) is 0. The van der Waals surface area contributed by atoms with Crippen LogP contribution in [-0.4, -0.2) is 34.7 Å². The van der Waals surface area contributed by atoms with Crippen molar-refractivity contribution in [1.82, 2.24) is 0 Å². The monoisotopic (exact) mass is 516 g/mol. The first-order valence-electron chi connectivity index (χ1n) is 12.9. The van der Waals surface area contributed by atoms with Gasteiger partial charge in [0.15, 0.2) is 0 Å². The van der Waals surface area contributed by atoms with Crippen LogP contribution in [0.1, 0.15) is 125 Å². The number of ketones is 6. The lowest BCUT2D eigenvalue weighted by Gasteiger charge is -1.90. The molecule has 0 aliphatic heterocycles. The van der Waals surface area contributed by atoms with Gasteiger partial charge in [0.05, 0.1) is 0 Å². The molecule has 6 heteroatoms. The van der Waals surface area contributed by atoms with Crippen LogP contribution in [0, 0.1) is 35.5 Å². The lowest BCUT2D eigenvalue weighted by Crippen LogP contribution is -1.98. The van der Waals surface area contributed by atoms with Gasteiger partial charge in [0.25, 0.3) is 0 Å². The van der Waals surface area contributed by atoms with E-state index in [9.17, 15) is 28.8 Å². The topological polar surface area (TPSA) is 102 Å². The number of Topliss-reactive ketones (excluding diaryl/α,β-unsaturated/α-hetero) is 6. The molecule has 6 nitrogen and oxygen atoms in total. The first-order valence-corrected chi connectivity index (χ1v) is 12.9. The summed E-state index contributed by atoms with van der Waals surface area (Å²) in [4.78, 5) is 60.9. The Morgan fingerprint density at radius 3 is 0.278 bits per heavy atom. The van der Waals surface area contributed by atoms with Crippen molar-refractivity contribution >= 4 is 34.7 Å². The Balaban J connectivity index is -0.0000000750. The van der Waals surface area contributed by atoms with Gasteiger partial charge in [-0.25, -0.2) is 0 Å². The van der Waals surface area contributed by atoms with Crippen LogP contribution < -0.4 is 0 Å². The van der Waals surface area contributed by atoms with E-state index in [1.807, 2.05) is 83.1 Å². The third-order valence-electron chi connectivity index (χ3n) is 4.88. The molecule has 0 N–H and O–H groups in total. The minimum Gasteiger partial charge on any atom is -0.300 e. The lowest BCUT2D eigenvalue weighted by atomic mass is 10.1. The molecule has 36 heavy (non-hydrogen) atoms. The highest BCUT2D eigenvalue weighted by molar-refractivity contribution is 5.78. The van der Waals surface area contributed by atoms with Crippen molar-refractivity contribution in [2.75, 3.05) is 0 Å². The number of carbonyl (C=O) groups excluding carboxylic acids is 6. The molecule has 0 radical (unpaired) electrons. The Labute approximate surface area is 223 Å². The van der Waals surface area contributed by atoms with Crippen LogP contribution in [0.5, 0.6) is 0 Å². The molecule has 0 heterocycles. The van der Waals surface area contributed by atoms with Crippen molar-refractivity contribution in [2.45, 2.75) is 125 Å². The van der Waals surface area contributed by atoms with Gasteiger partial charge in [-0.1, -0.05) is 83.1 Å². The third kappa shape index (κ3) is 63.5. The standard InChI is InChI=1S/6C5H10O/c6*1-4(2)5(3)6/h6*4H,1-3H3. The van der Waals surface area contributed by atoms with Gasteiger partial charge >= 0.3 is 0 Å². The second-order valence-corrected chi connectivity index (χ2v) is 10.6. The second-order valence-electron chi connectivity index (χ2n) is 10.6. The zero-order valence-electron chi connectivity index (χ0n) is 26.9. The van der Waals surface area contributed by atoms with Gasteiger partial charge in [-0.05, 0) is 41.5 Å². The fourth-order valence-corrected chi connectivity index (χ4v) is 0. The molecule has 0 saturated carbocycles. The second kappa shape index (κ2) is 29.3. The molecule has 0 bridgehead atoms. The first-order chi connectivity index (χ1) is 15.9. The maximum Gasteiger partial charge on any atom is 0.132 e. The van der Waals surface area contributed by atoms with Crippen molar-refractivity contribution in [2.24, 2.45) is 35.5 Å². The quantitative estimate of drug-likeness (QED) is 0.365. The normalized spacial score (nSPS) is 9.33. The molecule has 216 valence electrons. The predicted octanol–water partition coefficient (Wildman–Crippen LogP) is 7.39. The van der Waals surface area contributed by atoms with Gasteiger partial charge in [0.1, 0.15) is 34.7 Å². The Hall–Kier alpha value is -1.98. The Morgan fingerprint density at radius 1 is 0.250 bits per heavy atom. The highest BCUT2D eigenvalue weighted by atomic mass is 16.1. The van der Waals surface area contributed by atoms with Crippen molar-refractivity contribution < 1.29 is 28.8 Å². The molecule has 0 aliphatic carbocycles. The fourth-order valence-electron chi connectivity index (χ4n) is 0. The van der Waals surface area contributed by atoms with Crippen molar-refractivity contribution in [1.29, 1.82) is 0 Å². The summed E-state index contributed by atoms with van der Waals surface area (Å²) in [5.41, 5.74) is 0. The summed E-state index contributed by atoms with van der Waals surface area (Å²) >= 11 is 0. The van der Waals surface area contributed by atoms with Gasteiger partial charge in [-0.2, -0.15) is 0 Å². The average Bonchev–Trinajstić information content (AvgIpc) is 2.69. The van der Waals surface area contributed by atoms with Crippen molar-refractivity contribution in [3.8, 4) is 0 Å². The van der Waals surface area contributed by atoms with Crippen LogP contribution in [0.25, 0.3) is 0 Å². The van der Waals surface area contributed by atoms with Gasteiger partial charge in [0.2, 0.25) is 0 Å². The zero-order valence-corrected chi connectivity index (χ0v) is 26.9. The van der Waals surface area contributed by atoms with E-state index in [4.69, 9.17) is 0 Å². The Bertz CT molecular complexity index is 469. The third-order valence-corrected chi connectivity index (χ3v) is 4.88. The van der Waals surface area contributed by atoms with E-state index in [1.165, 1.54) is 0 Å². The number of rotatable bonds is 6. The first kappa shape index (κ1) is 47.2. The van der Waals surface area contributed by atoms with E-state index in [0.29, 0.717) is 0 Å². The molecule has 0 unspecified atom stereocenters. The minimum atomic E-state index is 0.213. The summed E-state index contributed by atoms with van der Waals surface area (Å²) < 4.78 is 0. The van der Waals surface area contributed by atoms with E-state index < -0.39 is 0 Å². The molecule has 0 spiro atoms. The molecule has 0 rings (SSSR count). The van der Waals surface area contributed by atoms with Gasteiger partial charge in [-0.3, -0.25) is 28.8 Å². The maximum atomic E-state index is 10.1. The van der Waals surface area contributed by atoms with Crippen LogP contribution in [0.3, 0.4) is 0 Å². The van der Waals surface area contributed by atoms with Crippen LogP contribution >= 0.6 is 0 Å². The smallest absolute Gasteiger partial charge is 0.132 e. The van der Waals surface area contributed by atoms with Gasteiger partial charge < -0.3 is 0 Å². The molecule has 0 fully saturated rings. The van der Waals surface area contributed by atoms with Crippen LogP contribution in [0.15, 0.2) is 0 Å². The Kier molecular flexibility index (Phi) is 38.4. The van der Waals surface area contributed by atoms with Gasteiger partial charge in [-0.15, -0.1) is 0 Å². The molecule has 0 saturated heterocycles. The summed E-state index contributed by atoms with van der Waals surface area (Å²) in [5.74, 6) is 2.83. The molecule has 0 aliphatic rings. The molecule has 0 aromatic rings. The molecule has 0 atom stereocenters. The molecule has 0 aromatic heterocycles. The van der Waals surface area contributed by atoms with Gasteiger partial charge in [0, 0.05) is 35.5 Å². The summed E-state index contributed by atoms with van der Waals surface area (Å²) in [6.07, 6.45) is 0. The summed E-state index contributed by atoms with van der Waals surface area (Å²) in [5, 5.41) is 0. The largest absolute Gasteiger partial charge is 0.300 e. The van der Waals surface area contributed by atoms with E-state index >= 15 is 0 Å². The molecular weight excluding hydrogens is 456 g/mol. The molecule has 0 amide bonds. The highest BCUT2D eigenvalue weighted by Crippen LogP contribution is 1.92. The number of hydrogen-bond donors (Lipinski definition) is 0. The highest BCUT2D eigenvalue weighted by Gasteiger charge is 1.97. The maximum absolute atomic E-state index is 10.1. The summed E-state index contributed by atoms with van der Waals surface area (Å²) in [6, 6.07) is 0. The van der Waals surface area contributed by atoms with Crippen molar-refractivity contribution in [3.05, 3.63) is 0 Å². The minimum absolute atomic E-state index is 0.213. The van der Waals surface area contributed by atoms with E-state index in [-0.39, 0.29) is 70.2 Å². The van der Waals surface area contributed by atoms with E-state index in [0.717, 1.165) is 0 Å². The Morgan fingerprint density at radius 2 is 0.278 bits per heavy atom. The van der Waals surface area contributed by atoms with E-state index in [2.05, 4.69) is 0 Å². The zero-order chi connectivity index (χ0) is 30.9. The predicted molar refractivity (Wildman–Crippen MR) is 153 cm³/mol. The number of carbonyl (C=O) groups is 6. The van der Waals surface area contributed by atoms with Crippen LogP contribution in [0.2, 0.25) is 0 Å². The SMILES string of the molecule is CC(=O)C(C)C.CC(=O)C(C)C.CC(=O)C(C)C.CC(=O)C(C)C.CC(=O)C(C)C.CC(=O)C(C)C. The molecule has 0 aromatic carbocycles. The van der Waals surface area contributed by atoms with Crippen molar-refractivity contribution in [3.63, 3.8) is 0 Å². The lowest BCUT2D eigenvalue weighted by molar-refractivity contribution is -0.120. The summed E-state index contributed by atoms with van der Waals surface area (Å²) in [6.45, 7) is 32.3. The van der Waals surface area contributed by atoms with Crippen LogP contribution in [0.4, 0.5) is 0 Å². The number of hydrogen-bond acceptors (Lipinski definition) is 6. The fraction of sp³-hybridized carbons (Fsp3) is 0.800. The average molecular weight is 517 g/mol. The molecular formula is C30H60O6.